The normalized spacial score (nSPS) is 12.4. The molecule has 0 aliphatic heterocycles. The molecule has 1 nitrogen and oxygen atoms in total. The molecule has 0 atom stereocenters. The first kappa shape index (κ1) is 14.1. The number of carbonyl (C=O) groups is 1. The number of hydrogen-bond acceptors (Lipinski definition) is 1. The highest BCUT2D eigenvalue weighted by atomic mass is 19.1. The van der Waals surface area contributed by atoms with Crippen LogP contribution < -0.4 is 0 Å². The van der Waals surface area contributed by atoms with E-state index in [2.05, 4.69) is 6.58 Å². The first-order valence-electron chi connectivity index (χ1n) is 5.78. The third kappa shape index (κ3) is 4.50. The Morgan fingerprint density at radius 1 is 1.33 bits per heavy atom. The van der Waals surface area contributed by atoms with Gasteiger partial charge in [-0.1, -0.05) is 48.6 Å². The van der Waals surface area contributed by atoms with Crippen LogP contribution in [-0.4, -0.2) is 5.78 Å². The van der Waals surface area contributed by atoms with Crippen LogP contribution >= 0.6 is 0 Å². The summed E-state index contributed by atoms with van der Waals surface area (Å²) in [6.07, 6.45) is 4.73. The van der Waals surface area contributed by atoms with Crippen molar-refractivity contribution in [2.45, 2.75) is 20.3 Å². The summed E-state index contributed by atoms with van der Waals surface area (Å²) in [5.74, 6) is -0.347. The molecule has 1 aromatic carbocycles. The van der Waals surface area contributed by atoms with Crippen LogP contribution in [-0.2, 0) is 0 Å². The minimum Gasteiger partial charge on any atom is -0.294 e. The van der Waals surface area contributed by atoms with Crippen LogP contribution in [0.3, 0.4) is 0 Å². The van der Waals surface area contributed by atoms with Gasteiger partial charge in [-0.3, -0.25) is 4.79 Å². The molecular weight excluding hydrogens is 227 g/mol. The van der Waals surface area contributed by atoms with Crippen LogP contribution in [0.2, 0.25) is 0 Å². The van der Waals surface area contributed by atoms with Gasteiger partial charge >= 0.3 is 0 Å². The second-order valence-corrected chi connectivity index (χ2v) is 4.17. The standard InChI is InChI=1S/C16H17FO/c1-4-5-14(10-13(3)17)11-16(18)15-8-6-12(2)7-9-15/h4-10H,1,11H2,2-3H3/b13-10+,14-5+. The SMILES string of the molecule is C=C/C=C(\C=C(/C)F)CC(=O)c1ccc(C)cc1. The van der Waals surface area contributed by atoms with E-state index in [1.165, 1.54) is 13.0 Å². The number of rotatable bonds is 5. The molecule has 0 amide bonds. The zero-order chi connectivity index (χ0) is 13.5. The van der Waals surface area contributed by atoms with Gasteiger partial charge in [0.2, 0.25) is 0 Å². The lowest BCUT2D eigenvalue weighted by Gasteiger charge is -2.03. The molecule has 0 spiro atoms. The van der Waals surface area contributed by atoms with Crippen molar-refractivity contribution >= 4 is 5.78 Å². The molecule has 0 heterocycles. The summed E-state index contributed by atoms with van der Waals surface area (Å²) in [6, 6.07) is 7.35. The summed E-state index contributed by atoms with van der Waals surface area (Å²) in [7, 11) is 0. The van der Waals surface area contributed by atoms with E-state index in [0.29, 0.717) is 11.1 Å². The van der Waals surface area contributed by atoms with Gasteiger partial charge in [0, 0.05) is 12.0 Å². The quantitative estimate of drug-likeness (QED) is 0.548. The van der Waals surface area contributed by atoms with Gasteiger partial charge in [0.25, 0.3) is 0 Å². The van der Waals surface area contributed by atoms with Crippen LogP contribution in [0.15, 0.2) is 60.5 Å². The number of aryl methyl sites for hydroxylation is 1. The van der Waals surface area contributed by atoms with Crippen LogP contribution in [0, 0.1) is 6.92 Å². The third-order valence-electron chi connectivity index (χ3n) is 2.45. The molecule has 18 heavy (non-hydrogen) atoms. The van der Waals surface area contributed by atoms with E-state index in [1.807, 2.05) is 19.1 Å². The van der Waals surface area contributed by atoms with Crippen molar-refractivity contribution in [2.75, 3.05) is 0 Å². The lowest BCUT2D eigenvalue weighted by atomic mass is 10.0. The highest BCUT2D eigenvalue weighted by Gasteiger charge is 2.07. The monoisotopic (exact) mass is 244 g/mol. The van der Waals surface area contributed by atoms with Crippen molar-refractivity contribution in [3.8, 4) is 0 Å². The maximum absolute atomic E-state index is 12.9. The lowest BCUT2D eigenvalue weighted by molar-refractivity contribution is 0.0994. The van der Waals surface area contributed by atoms with E-state index in [9.17, 15) is 9.18 Å². The first-order valence-corrected chi connectivity index (χ1v) is 5.78. The molecule has 0 aliphatic carbocycles. The molecule has 0 N–H and O–H groups in total. The first-order chi connectivity index (χ1) is 8.52. The molecule has 0 radical (unpaired) electrons. The smallest absolute Gasteiger partial charge is 0.167 e. The van der Waals surface area contributed by atoms with Gasteiger partial charge in [0.1, 0.15) is 0 Å². The van der Waals surface area contributed by atoms with Gasteiger partial charge in [-0.15, -0.1) is 0 Å². The summed E-state index contributed by atoms with van der Waals surface area (Å²) in [6.45, 7) is 6.88. The van der Waals surface area contributed by atoms with Gasteiger partial charge in [0.05, 0.1) is 5.83 Å². The van der Waals surface area contributed by atoms with Crippen molar-refractivity contribution in [2.24, 2.45) is 0 Å². The van der Waals surface area contributed by atoms with Gasteiger partial charge < -0.3 is 0 Å². The molecule has 0 aromatic heterocycles. The van der Waals surface area contributed by atoms with E-state index < -0.39 is 0 Å². The summed E-state index contributed by atoms with van der Waals surface area (Å²) in [5.41, 5.74) is 2.36. The fourth-order valence-electron chi connectivity index (χ4n) is 1.59. The molecule has 94 valence electrons. The third-order valence-corrected chi connectivity index (χ3v) is 2.45. The van der Waals surface area contributed by atoms with Crippen LogP contribution in [0.5, 0.6) is 0 Å². The highest BCUT2D eigenvalue weighted by molar-refractivity contribution is 5.97. The number of allylic oxidation sites excluding steroid dienone is 5. The Bertz CT molecular complexity index is 488. The maximum Gasteiger partial charge on any atom is 0.167 e. The Kier molecular flexibility index (Phi) is 5.25. The predicted molar refractivity (Wildman–Crippen MR) is 73.3 cm³/mol. The zero-order valence-corrected chi connectivity index (χ0v) is 10.7. The minimum absolute atomic E-state index is 0.0272. The van der Waals surface area contributed by atoms with Gasteiger partial charge in [0.15, 0.2) is 5.78 Å². The molecule has 0 saturated carbocycles. The summed E-state index contributed by atoms with van der Waals surface area (Å²) in [4.78, 5) is 12.0. The van der Waals surface area contributed by atoms with E-state index >= 15 is 0 Å². The second-order valence-electron chi connectivity index (χ2n) is 4.17. The van der Waals surface area contributed by atoms with Gasteiger partial charge in [-0.2, -0.15) is 0 Å². The van der Waals surface area contributed by atoms with E-state index in [0.717, 1.165) is 5.56 Å². The minimum atomic E-state index is -0.320. The van der Waals surface area contributed by atoms with Crippen molar-refractivity contribution in [1.82, 2.24) is 0 Å². The topological polar surface area (TPSA) is 17.1 Å². The van der Waals surface area contributed by atoms with E-state index in [4.69, 9.17) is 0 Å². The maximum atomic E-state index is 12.9. The second kappa shape index (κ2) is 6.70. The molecule has 0 fully saturated rings. The van der Waals surface area contributed by atoms with Crippen molar-refractivity contribution in [3.63, 3.8) is 0 Å². The Balaban J connectivity index is 2.85. The fourth-order valence-corrected chi connectivity index (χ4v) is 1.59. The molecule has 1 aromatic rings. The van der Waals surface area contributed by atoms with E-state index in [-0.39, 0.29) is 18.0 Å². The average molecular weight is 244 g/mol. The predicted octanol–water partition coefficient (Wildman–Crippen LogP) is 4.55. The number of ketones is 1. The van der Waals surface area contributed by atoms with Crippen LogP contribution in [0.1, 0.15) is 29.3 Å². The Labute approximate surface area is 107 Å². The zero-order valence-electron chi connectivity index (χ0n) is 10.7. The molecular formula is C16H17FO. The molecule has 0 unspecified atom stereocenters. The molecule has 2 heteroatoms. The van der Waals surface area contributed by atoms with Gasteiger partial charge in [-0.25, -0.2) is 4.39 Å². The molecule has 0 saturated heterocycles. The van der Waals surface area contributed by atoms with Crippen molar-refractivity contribution in [1.29, 1.82) is 0 Å². The number of carbonyl (C=O) groups excluding carboxylic acids is 1. The number of benzene rings is 1. The number of halogens is 1. The summed E-state index contributed by atoms with van der Waals surface area (Å²) in [5, 5.41) is 0. The highest BCUT2D eigenvalue weighted by Crippen LogP contribution is 2.14. The molecule has 0 bridgehead atoms. The summed E-state index contributed by atoms with van der Waals surface area (Å²) < 4.78 is 12.9. The Morgan fingerprint density at radius 2 is 1.94 bits per heavy atom. The number of hydrogen-bond donors (Lipinski definition) is 0. The largest absolute Gasteiger partial charge is 0.294 e. The van der Waals surface area contributed by atoms with Crippen LogP contribution in [0.4, 0.5) is 4.39 Å². The summed E-state index contributed by atoms with van der Waals surface area (Å²) >= 11 is 0. The average Bonchev–Trinajstić information content (AvgIpc) is 2.29. The van der Waals surface area contributed by atoms with E-state index in [1.54, 1.807) is 24.3 Å². The molecule has 1 rings (SSSR count). The lowest BCUT2D eigenvalue weighted by Crippen LogP contribution is -2.00. The number of Topliss-reactive ketones (excluding diaryl/α,β-unsaturated/α-hetero) is 1. The Hall–Kier alpha value is -1.96. The molecule has 0 aliphatic rings. The van der Waals surface area contributed by atoms with Crippen molar-refractivity contribution in [3.05, 3.63) is 71.6 Å². The van der Waals surface area contributed by atoms with Gasteiger partial charge in [-0.05, 0) is 25.5 Å². The van der Waals surface area contributed by atoms with Crippen LogP contribution in [0.25, 0.3) is 0 Å². The fraction of sp³-hybridized carbons (Fsp3) is 0.188. The van der Waals surface area contributed by atoms with Crippen molar-refractivity contribution < 1.29 is 9.18 Å². The Morgan fingerprint density at radius 3 is 2.44 bits per heavy atom.